The number of rotatable bonds is 9. The van der Waals surface area contributed by atoms with Crippen LogP contribution >= 0.6 is 12.6 Å². The molecule has 0 aliphatic carbocycles. The molecule has 80 valence electrons. The van der Waals surface area contributed by atoms with Gasteiger partial charge in [-0.25, -0.2) is 0 Å². The number of unbranched alkanes of at least 4 members (excludes halogenated alkanes) is 4. The van der Waals surface area contributed by atoms with Crippen molar-refractivity contribution in [2.45, 2.75) is 63.5 Å². The van der Waals surface area contributed by atoms with Crippen molar-refractivity contribution in [3.8, 4) is 0 Å². The van der Waals surface area contributed by atoms with Crippen LogP contribution in [-0.4, -0.2) is 17.0 Å². The maximum absolute atomic E-state index is 8.59. The molecule has 0 aliphatic rings. The lowest BCUT2D eigenvalue weighted by Crippen LogP contribution is -1.98. The summed E-state index contributed by atoms with van der Waals surface area (Å²) in [6.45, 7) is 2.57. The molecular weight excluding hydrogens is 180 g/mol. The van der Waals surface area contributed by atoms with Crippen LogP contribution in [0.15, 0.2) is 0 Å². The van der Waals surface area contributed by atoms with E-state index in [4.69, 9.17) is 5.11 Å². The second-order valence-corrected chi connectivity index (χ2v) is 4.45. The van der Waals surface area contributed by atoms with Gasteiger partial charge >= 0.3 is 0 Å². The highest BCUT2D eigenvalue weighted by atomic mass is 32.1. The van der Waals surface area contributed by atoms with Crippen molar-refractivity contribution >= 4 is 12.6 Å². The number of aliphatic hydroxyl groups is 1. The quantitative estimate of drug-likeness (QED) is 0.435. The van der Waals surface area contributed by atoms with Crippen molar-refractivity contribution in [3.63, 3.8) is 0 Å². The van der Waals surface area contributed by atoms with Crippen LogP contribution in [0.5, 0.6) is 0 Å². The molecule has 0 saturated heterocycles. The van der Waals surface area contributed by atoms with E-state index in [-0.39, 0.29) is 0 Å². The summed E-state index contributed by atoms with van der Waals surface area (Å²) in [7, 11) is 0. The summed E-state index contributed by atoms with van der Waals surface area (Å²) in [5, 5.41) is 9.17. The van der Waals surface area contributed by atoms with Crippen molar-refractivity contribution in [1.82, 2.24) is 0 Å². The van der Waals surface area contributed by atoms with Crippen LogP contribution in [0, 0.1) is 0 Å². The van der Waals surface area contributed by atoms with Gasteiger partial charge in [-0.15, -0.1) is 0 Å². The maximum atomic E-state index is 8.59. The third kappa shape index (κ3) is 10.2. The fourth-order valence-electron chi connectivity index (χ4n) is 1.44. The highest BCUT2D eigenvalue weighted by Crippen LogP contribution is 2.15. The van der Waals surface area contributed by atoms with Gasteiger partial charge in [-0.3, -0.25) is 0 Å². The molecule has 0 saturated carbocycles. The molecule has 0 rings (SSSR count). The van der Waals surface area contributed by atoms with E-state index >= 15 is 0 Å². The molecule has 0 aromatic carbocycles. The number of hydrogen-bond donors (Lipinski definition) is 2. The van der Waals surface area contributed by atoms with Gasteiger partial charge in [0.15, 0.2) is 0 Å². The fourth-order valence-corrected chi connectivity index (χ4v) is 1.81. The lowest BCUT2D eigenvalue weighted by Gasteiger charge is -2.09. The molecular formula is C11H24OS. The zero-order valence-electron chi connectivity index (χ0n) is 8.84. The molecule has 0 amide bonds. The van der Waals surface area contributed by atoms with Crippen LogP contribution in [-0.2, 0) is 0 Å². The van der Waals surface area contributed by atoms with Crippen molar-refractivity contribution in [2.24, 2.45) is 0 Å². The SMILES string of the molecule is CCCCCC(S)CCCCCO. The van der Waals surface area contributed by atoms with E-state index in [1.165, 1.54) is 38.5 Å². The van der Waals surface area contributed by atoms with Crippen molar-refractivity contribution in [3.05, 3.63) is 0 Å². The molecule has 2 heteroatoms. The largest absolute Gasteiger partial charge is 0.396 e. The molecule has 0 bridgehead atoms. The molecule has 13 heavy (non-hydrogen) atoms. The van der Waals surface area contributed by atoms with Gasteiger partial charge in [0, 0.05) is 11.9 Å². The third-order valence-electron chi connectivity index (χ3n) is 2.34. The van der Waals surface area contributed by atoms with E-state index < -0.39 is 0 Å². The minimum Gasteiger partial charge on any atom is -0.396 e. The summed E-state index contributed by atoms with van der Waals surface area (Å²) in [6.07, 6.45) is 9.77. The topological polar surface area (TPSA) is 20.2 Å². The molecule has 1 N–H and O–H groups in total. The molecule has 0 heterocycles. The first-order valence-corrected chi connectivity index (χ1v) is 6.11. The van der Waals surface area contributed by atoms with E-state index in [2.05, 4.69) is 19.6 Å². The van der Waals surface area contributed by atoms with Gasteiger partial charge in [0.2, 0.25) is 0 Å². The summed E-state index contributed by atoms with van der Waals surface area (Å²) >= 11 is 4.54. The highest BCUT2D eigenvalue weighted by molar-refractivity contribution is 7.80. The Morgan fingerprint density at radius 3 is 2.15 bits per heavy atom. The number of aliphatic hydroxyl groups excluding tert-OH is 1. The second kappa shape index (κ2) is 10.4. The average molecular weight is 204 g/mol. The monoisotopic (exact) mass is 204 g/mol. The standard InChI is InChI=1S/C11H24OS/c1-2-3-5-8-11(13)9-6-4-7-10-12/h11-13H,2-10H2,1H3. The van der Waals surface area contributed by atoms with Crippen LogP contribution < -0.4 is 0 Å². The summed E-state index contributed by atoms with van der Waals surface area (Å²) in [5.74, 6) is 0. The Bertz CT molecular complexity index is 96.1. The van der Waals surface area contributed by atoms with Crippen LogP contribution in [0.25, 0.3) is 0 Å². The molecule has 0 radical (unpaired) electrons. The van der Waals surface area contributed by atoms with Crippen LogP contribution in [0.1, 0.15) is 58.3 Å². The molecule has 0 fully saturated rings. The van der Waals surface area contributed by atoms with E-state index in [9.17, 15) is 0 Å². The summed E-state index contributed by atoms with van der Waals surface area (Å²) in [4.78, 5) is 0. The van der Waals surface area contributed by atoms with Gasteiger partial charge in [-0.2, -0.15) is 12.6 Å². The average Bonchev–Trinajstić information content (AvgIpc) is 2.13. The molecule has 0 aromatic rings. The summed E-state index contributed by atoms with van der Waals surface area (Å²) < 4.78 is 0. The fraction of sp³-hybridized carbons (Fsp3) is 1.00. The van der Waals surface area contributed by atoms with Gasteiger partial charge in [0.1, 0.15) is 0 Å². The van der Waals surface area contributed by atoms with E-state index in [0.29, 0.717) is 11.9 Å². The van der Waals surface area contributed by atoms with Gasteiger partial charge in [-0.1, -0.05) is 39.0 Å². The van der Waals surface area contributed by atoms with Gasteiger partial charge in [0.05, 0.1) is 0 Å². The second-order valence-electron chi connectivity index (χ2n) is 3.72. The molecule has 0 aromatic heterocycles. The Hall–Kier alpha value is 0.310. The Morgan fingerprint density at radius 1 is 1.00 bits per heavy atom. The predicted molar refractivity (Wildman–Crippen MR) is 62.5 cm³/mol. The normalized spacial score (nSPS) is 13.2. The molecule has 1 atom stereocenters. The first-order chi connectivity index (χ1) is 6.31. The zero-order valence-corrected chi connectivity index (χ0v) is 9.73. The lowest BCUT2D eigenvalue weighted by atomic mass is 10.1. The molecule has 1 unspecified atom stereocenters. The minimum atomic E-state index is 0.340. The van der Waals surface area contributed by atoms with Crippen LogP contribution in [0.2, 0.25) is 0 Å². The Morgan fingerprint density at radius 2 is 1.62 bits per heavy atom. The molecule has 0 spiro atoms. The summed E-state index contributed by atoms with van der Waals surface area (Å²) in [6, 6.07) is 0. The Kier molecular flexibility index (Phi) is 10.6. The summed E-state index contributed by atoms with van der Waals surface area (Å²) in [5.41, 5.74) is 0. The first kappa shape index (κ1) is 13.3. The van der Waals surface area contributed by atoms with Gasteiger partial charge in [0.25, 0.3) is 0 Å². The van der Waals surface area contributed by atoms with Gasteiger partial charge < -0.3 is 5.11 Å². The van der Waals surface area contributed by atoms with Crippen LogP contribution in [0.4, 0.5) is 0 Å². The van der Waals surface area contributed by atoms with Gasteiger partial charge in [-0.05, 0) is 19.3 Å². The predicted octanol–water partition coefficient (Wildman–Crippen LogP) is 3.42. The van der Waals surface area contributed by atoms with Crippen LogP contribution in [0.3, 0.4) is 0 Å². The van der Waals surface area contributed by atoms with Crippen molar-refractivity contribution < 1.29 is 5.11 Å². The van der Waals surface area contributed by atoms with E-state index in [1.54, 1.807) is 0 Å². The number of thiol groups is 1. The van der Waals surface area contributed by atoms with Crippen molar-refractivity contribution in [2.75, 3.05) is 6.61 Å². The Balaban J connectivity index is 3.05. The van der Waals surface area contributed by atoms with E-state index in [0.717, 1.165) is 12.8 Å². The van der Waals surface area contributed by atoms with Crippen molar-refractivity contribution in [1.29, 1.82) is 0 Å². The minimum absolute atomic E-state index is 0.340. The third-order valence-corrected chi connectivity index (χ3v) is 2.85. The zero-order chi connectivity index (χ0) is 9.94. The maximum Gasteiger partial charge on any atom is 0.0431 e. The molecule has 0 aliphatic heterocycles. The lowest BCUT2D eigenvalue weighted by molar-refractivity contribution is 0.282. The number of hydrogen-bond acceptors (Lipinski definition) is 2. The van der Waals surface area contributed by atoms with E-state index in [1.807, 2.05) is 0 Å². The highest BCUT2D eigenvalue weighted by Gasteiger charge is 2.01. The smallest absolute Gasteiger partial charge is 0.0431 e. The first-order valence-electron chi connectivity index (χ1n) is 5.60. The Labute approximate surface area is 88.3 Å². The molecule has 1 nitrogen and oxygen atoms in total.